The van der Waals surface area contributed by atoms with Crippen LogP contribution in [-0.2, 0) is 24.4 Å². The van der Waals surface area contributed by atoms with Crippen molar-refractivity contribution >= 4 is 5.96 Å². The number of hydrogen-bond acceptors (Lipinski definition) is 2. The highest BCUT2D eigenvalue weighted by atomic mass is 19.1. The van der Waals surface area contributed by atoms with E-state index in [1.165, 1.54) is 19.2 Å². The number of halogens is 2. The molecule has 2 aromatic carbocycles. The van der Waals surface area contributed by atoms with Crippen LogP contribution in [0.1, 0.15) is 23.6 Å². The molecule has 0 saturated heterocycles. The average Bonchev–Trinajstić information content (AvgIpc) is 2.61. The number of methoxy groups -OCH3 is 1. The summed E-state index contributed by atoms with van der Waals surface area (Å²) in [5, 5.41) is 6.21. The highest BCUT2D eigenvalue weighted by Crippen LogP contribution is 2.12. The Bertz CT molecular complexity index is 720. The predicted octanol–water partition coefficient (Wildman–Crippen LogP) is 3.37. The van der Waals surface area contributed by atoms with Gasteiger partial charge in [-0.05, 0) is 30.7 Å². The minimum atomic E-state index is -0.292. The molecule has 2 rings (SSSR count). The third kappa shape index (κ3) is 5.83. The zero-order valence-electron chi connectivity index (χ0n) is 14.5. The van der Waals surface area contributed by atoms with Gasteiger partial charge < -0.3 is 15.4 Å². The van der Waals surface area contributed by atoms with E-state index in [0.29, 0.717) is 36.7 Å². The Morgan fingerprint density at radius 1 is 1.04 bits per heavy atom. The van der Waals surface area contributed by atoms with Crippen molar-refractivity contribution in [3.05, 3.63) is 70.8 Å². The van der Waals surface area contributed by atoms with Gasteiger partial charge in [0.05, 0.1) is 13.2 Å². The lowest BCUT2D eigenvalue weighted by atomic mass is 10.1. The van der Waals surface area contributed by atoms with E-state index < -0.39 is 0 Å². The molecule has 6 heteroatoms. The van der Waals surface area contributed by atoms with Crippen LogP contribution in [-0.4, -0.2) is 19.6 Å². The molecule has 2 aromatic rings. The Kier molecular flexibility index (Phi) is 7.35. The number of benzene rings is 2. The van der Waals surface area contributed by atoms with E-state index in [-0.39, 0.29) is 18.2 Å². The molecular weight excluding hydrogens is 324 g/mol. The van der Waals surface area contributed by atoms with Crippen molar-refractivity contribution < 1.29 is 13.5 Å². The van der Waals surface area contributed by atoms with Crippen LogP contribution < -0.4 is 10.6 Å². The fourth-order valence-electron chi connectivity index (χ4n) is 2.33. The standard InChI is InChI=1S/C19H23F2N3O/c1-3-22-19(24-12-15-6-4-5-7-17(15)20)23-11-14-8-9-18(21)16(10-14)13-25-2/h4-10H,3,11-13H2,1-2H3,(H2,22,23,24). The molecule has 0 bridgehead atoms. The summed E-state index contributed by atoms with van der Waals surface area (Å²) in [4.78, 5) is 4.47. The first-order valence-electron chi connectivity index (χ1n) is 8.15. The molecule has 0 radical (unpaired) electrons. The van der Waals surface area contributed by atoms with E-state index in [4.69, 9.17) is 4.74 Å². The van der Waals surface area contributed by atoms with Crippen LogP contribution in [0, 0.1) is 11.6 Å². The Hall–Kier alpha value is -2.47. The third-order valence-electron chi connectivity index (χ3n) is 3.58. The molecule has 25 heavy (non-hydrogen) atoms. The topological polar surface area (TPSA) is 45.7 Å². The van der Waals surface area contributed by atoms with Crippen LogP contribution in [0.4, 0.5) is 8.78 Å². The lowest BCUT2D eigenvalue weighted by Crippen LogP contribution is -2.37. The molecule has 0 atom stereocenters. The van der Waals surface area contributed by atoms with Crippen LogP contribution in [0.15, 0.2) is 47.5 Å². The Labute approximate surface area is 146 Å². The maximum absolute atomic E-state index is 13.7. The van der Waals surface area contributed by atoms with E-state index in [1.807, 2.05) is 6.92 Å². The van der Waals surface area contributed by atoms with Crippen molar-refractivity contribution in [2.24, 2.45) is 4.99 Å². The van der Waals surface area contributed by atoms with Gasteiger partial charge in [-0.3, -0.25) is 0 Å². The molecule has 0 heterocycles. The first kappa shape index (κ1) is 18.9. The van der Waals surface area contributed by atoms with Crippen molar-refractivity contribution in [1.29, 1.82) is 0 Å². The van der Waals surface area contributed by atoms with Crippen LogP contribution in [0.2, 0.25) is 0 Å². The number of hydrogen-bond donors (Lipinski definition) is 2. The minimum absolute atomic E-state index is 0.217. The van der Waals surface area contributed by atoms with Gasteiger partial charge in [0, 0.05) is 31.3 Å². The molecule has 0 aliphatic carbocycles. The third-order valence-corrected chi connectivity index (χ3v) is 3.58. The minimum Gasteiger partial charge on any atom is -0.380 e. The normalized spacial score (nSPS) is 11.4. The zero-order chi connectivity index (χ0) is 18.1. The van der Waals surface area contributed by atoms with Gasteiger partial charge >= 0.3 is 0 Å². The molecule has 0 aliphatic rings. The first-order chi connectivity index (χ1) is 12.1. The number of nitrogens with one attached hydrogen (secondary N) is 2. The highest BCUT2D eigenvalue weighted by Gasteiger charge is 2.05. The SMILES string of the molecule is CCNC(=NCc1ccc(F)c(COC)c1)NCc1ccccc1F. The number of guanidine groups is 1. The molecule has 0 unspecified atom stereocenters. The number of nitrogens with zero attached hydrogens (tertiary/aromatic N) is 1. The zero-order valence-corrected chi connectivity index (χ0v) is 14.5. The van der Waals surface area contributed by atoms with Crippen molar-refractivity contribution in [3.8, 4) is 0 Å². The maximum atomic E-state index is 13.7. The van der Waals surface area contributed by atoms with E-state index in [0.717, 1.165) is 5.56 Å². The molecule has 0 spiro atoms. The van der Waals surface area contributed by atoms with Crippen molar-refractivity contribution in [2.75, 3.05) is 13.7 Å². The van der Waals surface area contributed by atoms with Crippen LogP contribution >= 0.6 is 0 Å². The predicted molar refractivity (Wildman–Crippen MR) is 95.2 cm³/mol. The highest BCUT2D eigenvalue weighted by molar-refractivity contribution is 5.79. The van der Waals surface area contributed by atoms with Gasteiger partial charge in [-0.1, -0.05) is 24.3 Å². The van der Waals surface area contributed by atoms with Gasteiger partial charge in [-0.2, -0.15) is 0 Å². The Morgan fingerprint density at radius 3 is 2.52 bits per heavy atom. The van der Waals surface area contributed by atoms with E-state index in [2.05, 4.69) is 15.6 Å². The van der Waals surface area contributed by atoms with E-state index >= 15 is 0 Å². The molecule has 0 aromatic heterocycles. The second-order valence-electron chi connectivity index (χ2n) is 5.50. The lowest BCUT2D eigenvalue weighted by Gasteiger charge is -2.12. The Morgan fingerprint density at radius 2 is 1.80 bits per heavy atom. The molecule has 4 nitrogen and oxygen atoms in total. The molecule has 134 valence electrons. The summed E-state index contributed by atoms with van der Waals surface area (Å²) < 4.78 is 32.3. The lowest BCUT2D eigenvalue weighted by molar-refractivity contribution is 0.181. The van der Waals surface area contributed by atoms with Crippen molar-refractivity contribution in [3.63, 3.8) is 0 Å². The fraction of sp³-hybridized carbons (Fsp3) is 0.316. The van der Waals surface area contributed by atoms with Gasteiger partial charge in [0.1, 0.15) is 11.6 Å². The number of rotatable bonds is 7. The largest absolute Gasteiger partial charge is 0.380 e. The molecular formula is C19H23F2N3O. The second-order valence-corrected chi connectivity index (χ2v) is 5.50. The molecule has 0 amide bonds. The fourth-order valence-corrected chi connectivity index (χ4v) is 2.33. The maximum Gasteiger partial charge on any atom is 0.191 e. The smallest absolute Gasteiger partial charge is 0.191 e. The van der Waals surface area contributed by atoms with Gasteiger partial charge in [-0.25, -0.2) is 13.8 Å². The van der Waals surface area contributed by atoms with Gasteiger partial charge in [0.2, 0.25) is 0 Å². The van der Waals surface area contributed by atoms with Crippen LogP contribution in [0.3, 0.4) is 0 Å². The molecule has 0 aliphatic heterocycles. The molecule has 0 fully saturated rings. The van der Waals surface area contributed by atoms with Gasteiger partial charge in [0.15, 0.2) is 5.96 Å². The van der Waals surface area contributed by atoms with E-state index in [9.17, 15) is 8.78 Å². The second kappa shape index (κ2) is 9.74. The number of aliphatic imine (C=N–C) groups is 1. The summed E-state index contributed by atoms with van der Waals surface area (Å²) in [6, 6.07) is 11.4. The van der Waals surface area contributed by atoms with E-state index in [1.54, 1.807) is 30.3 Å². The Balaban J connectivity index is 2.04. The van der Waals surface area contributed by atoms with Gasteiger partial charge in [-0.15, -0.1) is 0 Å². The first-order valence-corrected chi connectivity index (χ1v) is 8.15. The summed E-state index contributed by atoms with van der Waals surface area (Å²) in [6.07, 6.45) is 0. The summed E-state index contributed by atoms with van der Waals surface area (Å²) >= 11 is 0. The molecule has 0 saturated carbocycles. The average molecular weight is 347 g/mol. The summed E-state index contributed by atoms with van der Waals surface area (Å²) in [5.41, 5.74) is 1.94. The van der Waals surface area contributed by atoms with Crippen molar-refractivity contribution in [2.45, 2.75) is 26.6 Å². The van der Waals surface area contributed by atoms with Crippen LogP contribution in [0.5, 0.6) is 0 Å². The monoisotopic (exact) mass is 347 g/mol. The van der Waals surface area contributed by atoms with Crippen LogP contribution in [0.25, 0.3) is 0 Å². The molecule has 2 N–H and O–H groups in total. The quantitative estimate of drug-likeness (QED) is 0.596. The summed E-state index contributed by atoms with van der Waals surface area (Å²) in [5.74, 6) is 0.0242. The van der Waals surface area contributed by atoms with Gasteiger partial charge in [0.25, 0.3) is 0 Å². The summed E-state index contributed by atoms with van der Waals surface area (Å²) in [6.45, 7) is 3.56. The van der Waals surface area contributed by atoms with Crippen molar-refractivity contribution in [1.82, 2.24) is 10.6 Å². The summed E-state index contributed by atoms with van der Waals surface area (Å²) in [7, 11) is 1.53. The number of ether oxygens (including phenoxy) is 1.